The Hall–Kier alpha value is -1.73. The SMILES string of the molecule is CC(=O)SCCC#Cc1c[nH]c2ncccc12. The Morgan fingerprint density at radius 2 is 2.47 bits per heavy atom. The Balaban J connectivity index is 2.04. The zero-order valence-electron chi connectivity index (χ0n) is 9.49. The van der Waals surface area contributed by atoms with Crippen LogP contribution in [0, 0.1) is 11.8 Å². The highest BCUT2D eigenvalue weighted by Gasteiger charge is 1.99. The summed E-state index contributed by atoms with van der Waals surface area (Å²) in [6.45, 7) is 1.57. The minimum absolute atomic E-state index is 0.142. The van der Waals surface area contributed by atoms with E-state index in [1.807, 2.05) is 18.3 Å². The molecule has 0 amide bonds. The molecule has 0 atom stereocenters. The highest BCUT2D eigenvalue weighted by atomic mass is 32.2. The van der Waals surface area contributed by atoms with E-state index in [0.29, 0.717) is 0 Å². The van der Waals surface area contributed by atoms with E-state index in [1.54, 1.807) is 13.1 Å². The maximum absolute atomic E-state index is 10.7. The third-order valence-corrected chi connectivity index (χ3v) is 3.02. The number of rotatable bonds is 2. The molecule has 3 nitrogen and oxygen atoms in total. The largest absolute Gasteiger partial charge is 0.345 e. The average Bonchev–Trinajstić information content (AvgIpc) is 2.72. The number of aromatic amines is 1. The third-order valence-electron chi connectivity index (χ3n) is 2.21. The number of nitrogens with one attached hydrogen (secondary N) is 1. The number of fused-ring (bicyclic) bond motifs is 1. The molecule has 2 rings (SSSR count). The van der Waals surface area contributed by atoms with E-state index in [4.69, 9.17) is 0 Å². The van der Waals surface area contributed by atoms with Crippen LogP contribution in [0.5, 0.6) is 0 Å². The Morgan fingerprint density at radius 1 is 1.59 bits per heavy atom. The number of H-pyrrole nitrogens is 1. The van der Waals surface area contributed by atoms with E-state index < -0.39 is 0 Å². The lowest BCUT2D eigenvalue weighted by Gasteiger charge is -1.89. The first-order chi connectivity index (χ1) is 8.27. The summed E-state index contributed by atoms with van der Waals surface area (Å²) in [7, 11) is 0. The zero-order valence-corrected chi connectivity index (χ0v) is 10.3. The maximum Gasteiger partial charge on any atom is 0.185 e. The molecule has 0 aliphatic rings. The van der Waals surface area contributed by atoms with Crippen LogP contribution >= 0.6 is 11.8 Å². The van der Waals surface area contributed by atoms with Crippen molar-refractivity contribution < 1.29 is 4.79 Å². The standard InChI is InChI=1S/C13H12N2OS/c1-10(16)17-8-3-2-5-11-9-15-13-12(11)6-4-7-14-13/h4,6-7,9H,3,8H2,1H3,(H,14,15). The molecule has 2 aromatic heterocycles. The molecule has 1 N–H and O–H groups in total. The molecule has 0 aliphatic carbocycles. The number of hydrogen-bond acceptors (Lipinski definition) is 3. The normalized spacial score (nSPS) is 9.94. The lowest BCUT2D eigenvalue weighted by molar-refractivity contribution is -0.109. The lowest BCUT2D eigenvalue weighted by atomic mass is 10.2. The molecule has 0 saturated carbocycles. The van der Waals surface area contributed by atoms with Gasteiger partial charge in [-0.15, -0.1) is 0 Å². The Bertz CT molecular complexity index is 592. The Morgan fingerprint density at radius 3 is 3.29 bits per heavy atom. The van der Waals surface area contributed by atoms with Gasteiger partial charge >= 0.3 is 0 Å². The summed E-state index contributed by atoms with van der Waals surface area (Å²) in [5, 5.41) is 1.18. The van der Waals surface area contributed by atoms with Crippen LogP contribution in [0.4, 0.5) is 0 Å². The molecule has 2 aromatic rings. The summed E-state index contributed by atoms with van der Waals surface area (Å²) >= 11 is 1.31. The predicted octanol–water partition coefficient (Wildman–Crippen LogP) is 2.58. The van der Waals surface area contributed by atoms with Gasteiger partial charge < -0.3 is 4.98 Å². The molecule has 4 heteroatoms. The van der Waals surface area contributed by atoms with Gasteiger partial charge in [0.05, 0.1) is 5.56 Å². The van der Waals surface area contributed by atoms with Crippen LogP contribution in [-0.4, -0.2) is 20.8 Å². The number of carbonyl (C=O) groups excluding carboxylic acids is 1. The Labute approximate surface area is 104 Å². The van der Waals surface area contributed by atoms with Gasteiger partial charge in [0.1, 0.15) is 5.65 Å². The second kappa shape index (κ2) is 5.55. The minimum atomic E-state index is 0.142. The summed E-state index contributed by atoms with van der Waals surface area (Å²) in [5.41, 5.74) is 1.82. The zero-order chi connectivity index (χ0) is 12.1. The monoisotopic (exact) mass is 244 g/mol. The van der Waals surface area contributed by atoms with Crippen molar-refractivity contribution in [1.82, 2.24) is 9.97 Å². The number of nitrogens with zero attached hydrogens (tertiary/aromatic N) is 1. The molecule has 0 unspecified atom stereocenters. The fourth-order valence-corrected chi connectivity index (χ4v) is 1.95. The van der Waals surface area contributed by atoms with Crippen molar-refractivity contribution >= 4 is 27.9 Å². The molecular weight excluding hydrogens is 232 g/mol. The van der Waals surface area contributed by atoms with Crippen LogP contribution in [0.2, 0.25) is 0 Å². The van der Waals surface area contributed by atoms with Gasteiger partial charge in [0.25, 0.3) is 0 Å². The van der Waals surface area contributed by atoms with E-state index in [-0.39, 0.29) is 5.12 Å². The summed E-state index contributed by atoms with van der Waals surface area (Å²) in [6, 6.07) is 3.89. The van der Waals surface area contributed by atoms with Crippen LogP contribution in [-0.2, 0) is 4.79 Å². The van der Waals surface area contributed by atoms with Crippen molar-refractivity contribution in [2.45, 2.75) is 13.3 Å². The molecule has 0 saturated heterocycles. The third kappa shape index (κ3) is 3.11. The molecule has 0 aromatic carbocycles. The predicted molar refractivity (Wildman–Crippen MR) is 70.7 cm³/mol. The first-order valence-corrected chi connectivity index (χ1v) is 6.30. The summed E-state index contributed by atoms with van der Waals surface area (Å²) < 4.78 is 0. The topological polar surface area (TPSA) is 45.8 Å². The molecule has 0 fully saturated rings. The van der Waals surface area contributed by atoms with Crippen molar-refractivity contribution in [2.75, 3.05) is 5.75 Å². The van der Waals surface area contributed by atoms with Crippen LogP contribution in [0.25, 0.3) is 11.0 Å². The van der Waals surface area contributed by atoms with Crippen LogP contribution < -0.4 is 0 Å². The van der Waals surface area contributed by atoms with Gasteiger partial charge in [0, 0.05) is 36.9 Å². The minimum Gasteiger partial charge on any atom is -0.345 e. The van der Waals surface area contributed by atoms with E-state index in [2.05, 4.69) is 21.8 Å². The molecular formula is C13H12N2OS. The van der Waals surface area contributed by atoms with Gasteiger partial charge in [0.2, 0.25) is 0 Å². The number of pyridine rings is 1. The second-order valence-corrected chi connectivity index (χ2v) is 4.77. The quantitative estimate of drug-likeness (QED) is 0.652. The van der Waals surface area contributed by atoms with Gasteiger partial charge in [-0.3, -0.25) is 4.79 Å². The van der Waals surface area contributed by atoms with Crippen LogP contribution in [0.1, 0.15) is 18.9 Å². The van der Waals surface area contributed by atoms with Gasteiger partial charge in [-0.1, -0.05) is 23.6 Å². The second-order valence-electron chi connectivity index (χ2n) is 3.49. The molecule has 2 heterocycles. The highest BCUT2D eigenvalue weighted by Crippen LogP contribution is 2.14. The maximum atomic E-state index is 10.7. The Kier molecular flexibility index (Phi) is 3.84. The number of aromatic nitrogens is 2. The molecule has 17 heavy (non-hydrogen) atoms. The van der Waals surface area contributed by atoms with Crippen LogP contribution in [0.15, 0.2) is 24.5 Å². The van der Waals surface area contributed by atoms with Crippen LogP contribution in [0.3, 0.4) is 0 Å². The molecule has 0 bridgehead atoms. The average molecular weight is 244 g/mol. The van der Waals surface area contributed by atoms with Gasteiger partial charge in [0.15, 0.2) is 5.12 Å². The highest BCUT2D eigenvalue weighted by molar-refractivity contribution is 8.13. The fourth-order valence-electron chi connectivity index (χ4n) is 1.46. The fraction of sp³-hybridized carbons (Fsp3) is 0.231. The molecule has 86 valence electrons. The van der Waals surface area contributed by atoms with Crippen molar-refractivity contribution in [3.63, 3.8) is 0 Å². The van der Waals surface area contributed by atoms with Crippen molar-refractivity contribution in [3.8, 4) is 11.8 Å². The van der Waals surface area contributed by atoms with Gasteiger partial charge in [-0.2, -0.15) is 0 Å². The first-order valence-electron chi connectivity index (χ1n) is 5.31. The van der Waals surface area contributed by atoms with E-state index >= 15 is 0 Å². The van der Waals surface area contributed by atoms with E-state index in [1.165, 1.54) is 11.8 Å². The number of hydrogen-bond donors (Lipinski definition) is 1. The molecule has 0 aliphatic heterocycles. The smallest absolute Gasteiger partial charge is 0.185 e. The van der Waals surface area contributed by atoms with E-state index in [9.17, 15) is 4.79 Å². The first kappa shape index (κ1) is 11.7. The number of thioether (sulfide) groups is 1. The van der Waals surface area contributed by atoms with Gasteiger partial charge in [-0.25, -0.2) is 4.98 Å². The molecule has 0 spiro atoms. The van der Waals surface area contributed by atoms with Crippen molar-refractivity contribution in [3.05, 3.63) is 30.1 Å². The summed E-state index contributed by atoms with van der Waals surface area (Å²) in [6.07, 6.45) is 4.33. The molecule has 0 radical (unpaired) electrons. The van der Waals surface area contributed by atoms with Gasteiger partial charge in [-0.05, 0) is 12.1 Å². The summed E-state index contributed by atoms with van der Waals surface area (Å²) in [5.74, 6) is 6.91. The van der Waals surface area contributed by atoms with E-state index in [0.717, 1.165) is 28.8 Å². The van der Waals surface area contributed by atoms with Crippen molar-refractivity contribution in [1.29, 1.82) is 0 Å². The number of carbonyl (C=O) groups is 1. The lowest BCUT2D eigenvalue weighted by Crippen LogP contribution is -1.83. The summed E-state index contributed by atoms with van der Waals surface area (Å²) in [4.78, 5) is 18.0. The van der Waals surface area contributed by atoms with Crippen molar-refractivity contribution in [2.24, 2.45) is 0 Å².